The van der Waals surface area contributed by atoms with E-state index in [1.54, 1.807) is 31.3 Å². The van der Waals surface area contributed by atoms with Crippen LogP contribution in [0.1, 0.15) is 11.3 Å². The first-order valence-electron chi connectivity index (χ1n) is 7.25. The highest BCUT2D eigenvalue weighted by atomic mass is 127. The highest BCUT2D eigenvalue weighted by molar-refractivity contribution is 14.0. The van der Waals surface area contributed by atoms with E-state index in [2.05, 4.69) is 20.2 Å². The van der Waals surface area contributed by atoms with Crippen LogP contribution in [0.25, 0.3) is 0 Å². The van der Waals surface area contributed by atoms with E-state index >= 15 is 0 Å². The van der Waals surface area contributed by atoms with Gasteiger partial charge in [0, 0.05) is 32.4 Å². The molecule has 0 saturated heterocycles. The molecule has 10 heteroatoms. The lowest BCUT2D eigenvalue weighted by atomic mass is 10.2. The van der Waals surface area contributed by atoms with E-state index in [1.807, 2.05) is 18.0 Å². The summed E-state index contributed by atoms with van der Waals surface area (Å²) in [4.78, 5) is 6.14. The number of nitrogens with one attached hydrogen (secondary N) is 2. The van der Waals surface area contributed by atoms with Crippen molar-refractivity contribution < 1.29 is 12.9 Å². The number of halogens is 1. The second-order valence-electron chi connectivity index (χ2n) is 5.32. The zero-order valence-corrected chi connectivity index (χ0v) is 17.4. The highest BCUT2D eigenvalue weighted by Gasteiger charge is 2.09. The van der Waals surface area contributed by atoms with Crippen LogP contribution >= 0.6 is 24.0 Å². The molecule has 0 radical (unpaired) electrons. The Labute approximate surface area is 164 Å². The van der Waals surface area contributed by atoms with Crippen LogP contribution in [0, 0.1) is 0 Å². The van der Waals surface area contributed by atoms with E-state index in [1.165, 1.54) is 6.26 Å². The Kier molecular flexibility index (Phi) is 8.16. The van der Waals surface area contributed by atoms with Gasteiger partial charge in [-0.2, -0.15) is 0 Å². The molecular weight excluding hydrogens is 457 g/mol. The monoisotopic (exact) mass is 479 g/mol. The molecule has 0 fully saturated rings. The number of hydrogen-bond acceptors (Lipinski definition) is 5. The molecule has 0 aliphatic carbocycles. The number of aromatic nitrogens is 1. The SMILES string of the molecule is CN=C(NCc1cccc(NS(C)(=O)=O)c1)N(C)Cc1ccon1.I. The summed E-state index contributed by atoms with van der Waals surface area (Å²) in [5.74, 6) is 0.694. The summed E-state index contributed by atoms with van der Waals surface area (Å²) in [7, 11) is 0.302. The van der Waals surface area contributed by atoms with Crippen molar-refractivity contribution in [3.63, 3.8) is 0 Å². The van der Waals surface area contributed by atoms with Gasteiger partial charge in [-0.05, 0) is 17.7 Å². The fourth-order valence-corrected chi connectivity index (χ4v) is 2.72. The van der Waals surface area contributed by atoms with Crippen LogP contribution in [0.4, 0.5) is 5.69 Å². The minimum absolute atomic E-state index is 0. The Bertz CT molecular complexity index is 793. The third-order valence-electron chi connectivity index (χ3n) is 3.14. The van der Waals surface area contributed by atoms with E-state index in [0.29, 0.717) is 24.7 Å². The van der Waals surface area contributed by atoms with Gasteiger partial charge in [0.25, 0.3) is 0 Å². The molecule has 2 rings (SSSR count). The maximum Gasteiger partial charge on any atom is 0.229 e. The summed E-state index contributed by atoms with van der Waals surface area (Å²) in [6, 6.07) is 8.98. The van der Waals surface area contributed by atoms with Crippen LogP contribution in [0.15, 0.2) is 46.1 Å². The Balaban J connectivity index is 0.00000312. The third kappa shape index (κ3) is 7.30. The summed E-state index contributed by atoms with van der Waals surface area (Å²) < 4.78 is 29.9. The zero-order valence-electron chi connectivity index (χ0n) is 14.3. The largest absolute Gasteiger partial charge is 0.364 e. The van der Waals surface area contributed by atoms with Gasteiger partial charge >= 0.3 is 0 Å². The quantitative estimate of drug-likeness (QED) is 0.373. The van der Waals surface area contributed by atoms with Crippen LogP contribution in [-0.4, -0.2) is 44.8 Å². The molecule has 0 aliphatic rings. The average molecular weight is 479 g/mol. The molecule has 1 aromatic carbocycles. The van der Waals surface area contributed by atoms with Gasteiger partial charge in [-0.1, -0.05) is 17.3 Å². The molecule has 25 heavy (non-hydrogen) atoms. The lowest BCUT2D eigenvalue weighted by Crippen LogP contribution is -2.38. The molecule has 0 amide bonds. The second-order valence-corrected chi connectivity index (χ2v) is 7.07. The van der Waals surface area contributed by atoms with Gasteiger partial charge < -0.3 is 14.7 Å². The van der Waals surface area contributed by atoms with Crippen molar-refractivity contribution in [2.24, 2.45) is 4.99 Å². The number of benzene rings is 1. The second kappa shape index (κ2) is 9.61. The minimum Gasteiger partial charge on any atom is -0.364 e. The molecule has 0 aliphatic heterocycles. The number of sulfonamides is 1. The Morgan fingerprint density at radius 1 is 1.36 bits per heavy atom. The van der Waals surface area contributed by atoms with Crippen molar-refractivity contribution in [2.75, 3.05) is 25.1 Å². The lowest BCUT2D eigenvalue weighted by Gasteiger charge is -2.21. The molecule has 1 aromatic heterocycles. The van der Waals surface area contributed by atoms with E-state index in [0.717, 1.165) is 17.5 Å². The molecule has 0 bridgehead atoms. The van der Waals surface area contributed by atoms with Crippen LogP contribution < -0.4 is 10.0 Å². The van der Waals surface area contributed by atoms with Crippen molar-refractivity contribution in [2.45, 2.75) is 13.1 Å². The zero-order chi connectivity index (χ0) is 17.6. The standard InChI is InChI=1S/C15H21N5O3S.HI/c1-16-15(20(2)11-14-7-8-23-18-14)17-10-12-5-4-6-13(9-12)19-24(3,21)22;/h4-9,19H,10-11H2,1-3H3,(H,16,17);1H. The van der Waals surface area contributed by atoms with E-state index in [4.69, 9.17) is 4.52 Å². The Morgan fingerprint density at radius 3 is 2.72 bits per heavy atom. The van der Waals surface area contributed by atoms with Crippen LogP contribution in [0.2, 0.25) is 0 Å². The predicted octanol–water partition coefficient (Wildman–Crippen LogP) is 1.87. The van der Waals surface area contributed by atoms with E-state index in [9.17, 15) is 8.42 Å². The first-order valence-corrected chi connectivity index (χ1v) is 9.14. The third-order valence-corrected chi connectivity index (χ3v) is 3.75. The topological polar surface area (TPSA) is 99.8 Å². The summed E-state index contributed by atoms with van der Waals surface area (Å²) in [6.45, 7) is 1.07. The van der Waals surface area contributed by atoms with Crippen molar-refractivity contribution in [1.82, 2.24) is 15.4 Å². The average Bonchev–Trinajstić information content (AvgIpc) is 2.99. The number of anilines is 1. The van der Waals surface area contributed by atoms with Crippen LogP contribution in [-0.2, 0) is 23.1 Å². The van der Waals surface area contributed by atoms with Gasteiger partial charge in [-0.25, -0.2) is 8.42 Å². The van der Waals surface area contributed by atoms with Crippen molar-refractivity contribution in [3.8, 4) is 0 Å². The van der Waals surface area contributed by atoms with Gasteiger partial charge in [-0.3, -0.25) is 9.71 Å². The molecule has 2 aromatic rings. The number of rotatable bonds is 6. The van der Waals surface area contributed by atoms with Crippen LogP contribution in [0.3, 0.4) is 0 Å². The van der Waals surface area contributed by atoms with E-state index < -0.39 is 10.0 Å². The fourth-order valence-electron chi connectivity index (χ4n) is 2.16. The first-order chi connectivity index (χ1) is 11.4. The lowest BCUT2D eigenvalue weighted by molar-refractivity contribution is 0.391. The molecule has 0 atom stereocenters. The number of hydrogen-bond donors (Lipinski definition) is 2. The van der Waals surface area contributed by atoms with Crippen molar-refractivity contribution in [3.05, 3.63) is 47.9 Å². The van der Waals surface area contributed by atoms with Gasteiger partial charge in [0.05, 0.1) is 12.8 Å². The summed E-state index contributed by atoms with van der Waals surface area (Å²) in [5, 5.41) is 7.10. The fraction of sp³-hybridized carbons (Fsp3) is 0.333. The maximum atomic E-state index is 11.3. The first kappa shape index (κ1) is 21.2. The Morgan fingerprint density at radius 2 is 2.12 bits per heavy atom. The number of aliphatic imine (C=N–C) groups is 1. The molecular formula is C15H22IN5O3S. The Hall–Kier alpha value is -1.82. The van der Waals surface area contributed by atoms with Gasteiger partial charge in [0.2, 0.25) is 10.0 Å². The molecule has 8 nitrogen and oxygen atoms in total. The predicted molar refractivity (Wildman–Crippen MR) is 108 cm³/mol. The highest BCUT2D eigenvalue weighted by Crippen LogP contribution is 2.12. The van der Waals surface area contributed by atoms with Gasteiger partial charge in [-0.15, -0.1) is 24.0 Å². The molecule has 0 unspecified atom stereocenters. The molecule has 138 valence electrons. The summed E-state index contributed by atoms with van der Waals surface area (Å²) in [6.07, 6.45) is 2.65. The summed E-state index contributed by atoms with van der Waals surface area (Å²) >= 11 is 0. The van der Waals surface area contributed by atoms with Crippen LogP contribution in [0.5, 0.6) is 0 Å². The molecule has 1 heterocycles. The van der Waals surface area contributed by atoms with Gasteiger partial charge in [0.15, 0.2) is 5.96 Å². The normalized spacial score (nSPS) is 11.6. The number of guanidine groups is 1. The number of nitrogens with zero attached hydrogens (tertiary/aromatic N) is 3. The smallest absolute Gasteiger partial charge is 0.229 e. The van der Waals surface area contributed by atoms with Crippen molar-refractivity contribution in [1.29, 1.82) is 0 Å². The van der Waals surface area contributed by atoms with Gasteiger partial charge in [0.1, 0.15) is 12.0 Å². The molecule has 0 saturated carbocycles. The molecule has 2 N–H and O–H groups in total. The molecule has 0 spiro atoms. The van der Waals surface area contributed by atoms with Crippen molar-refractivity contribution >= 4 is 45.6 Å². The minimum atomic E-state index is -3.29. The van der Waals surface area contributed by atoms with E-state index in [-0.39, 0.29) is 24.0 Å². The summed E-state index contributed by atoms with van der Waals surface area (Å²) in [5.41, 5.74) is 2.27. The maximum absolute atomic E-state index is 11.3.